The first-order chi connectivity index (χ1) is 8.93. The molecule has 1 nitrogen and oxygen atoms in total. The molecule has 0 radical (unpaired) electrons. The first-order valence-corrected chi connectivity index (χ1v) is 6.81. The van der Waals surface area contributed by atoms with E-state index in [2.05, 4.69) is 15.9 Å². The van der Waals surface area contributed by atoms with Crippen LogP contribution in [-0.4, -0.2) is 0 Å². The fraction of sp³-hybridized carbons (Fsp3) is 0.0769. The number of hydrogen-bond donors (Lipinski definition) is 1. The fourth-order valence-corrected chi connectivity index (χ4v) is 2.50. The van der Waals surface area contributed by atoms with Gasteiger partial charge < -0.3 is 5.73 Å². The van der Waals surface area contributed by atoms with E-state index in [0.717, 1.165) is 0 Å². The lowest BCUT2D eigenvalue weighted by Gasteiger charge is -2.16. The summed E-state index contributed by atoms with van der Waals surface area (Å²) in [5, 5.41) is 0.0475. The van der Waals surface area contributed by atoms with Crippen LogP contribution in [0, 0.1) is 11.6 Å². The molecule has 1 unspecified atom stereocenters. The molecule has 0 aromatic heterocycles. The van der Waals surface area contributed by atoms with Gasteiger partial charge in [0.15, 0.2) is 0 Å². The van der Waals surface area contributed by atoms with Gasteiger partial charge in [0.05, 0.1) is 11.1 Å². The maximum atomic E-state index is 14.1. The van der Waals surface area contributed by atoms with Gasteiger partial charge in [0.1, 0.15) is 11.6 Å². The molecular weight excluding hydrogens is 359 g/mol. The van der Waals surface area contributed by atoms with Crippen molar-refractivity contribution >= 4 is 39.1 Å². The molecule has 0 saturated heterocycles. The van der Waals surface area contributed by atoms with Crippen LogP contribution in [0.25, 0.3) is 0 Å². The predicted molar refractivity (Wildman–Crippen MR) is 76.6 cm³/mol. The van der Waals surface area contributed by atoms with E-state index < -0.39 is 17.7 Å². The maximum Gasteiger partial charge on any atom is 0.148 e. The van der Waals surface area contributed by atoms with Gasteiger partial charge in [-0.15, -0.1) is 0 Å². The van der Waals surface area contributed by atoms with Crippen molar-refractivity contribution in [2.45, 2.75) is 6.04 Å². The van der Waals surface area contributed by atoms with E-state index in [1.165, 1.54) is 24.3 Å². The first kappa shape index (κ1) is 14.7. The summed E-state index contributed by atoms with van der Waals surface area (Å²) in [7, 11) is 0. The lowest BCUT2D eigenvalue weighted by Crippen LogP contribution is -2.16. The van der Waals surface area contributed by atoms with Gasteiger partial charge in [-0.25, -0.2) is 8.78 Å². The van der Waals surface area contributed by atoms with Crippen molar-refractivity contribution in [2.24, 2.45) is 5.73 Å². The Morgan fingerprint density at radius 1 is 1.11 bits per heavy atom. The quantitative estimate of drug-likeness (QED) is 0.736. The largest absolute Gasteiger partial charge is 0.320 e. The average molecular weight is 367 g/mol. The first-order valence-electron chi connectivity index (χ1n) is 5.26. The number of hydrogen-bond acceptors (Lipinski definition) is 1. The topological polar surface area (TPSA) is 26.0 Å². The minimum atomic E-state index is -1.03. The van der Waals surface area contributed by atoms with E-state index in [9.17, 15) is 8.78 Å². The highest BCUT2D eigenvalue weighted by atomic mass is 79.9. The summed E-state index contributed by atoms with van der Waals surface area (Å²) in [4.78, 5) is 0. The SMILES string of the molecule is NC(c1ccc(Br)c(Cl)c1F)c1c(F)cccc1Cl. The van der Waals surface area contributed by atoms with Crippen LogP contribution in [0.2, 0.25) is 10.0 Å². The Labute approximate surface area is 127 Å². The Kier molecular flexibility index (Phi) is 4.46. The highest BCUT2D eigenvalue weighted by Gasteiger charge is 2.22. The van der Waals surface area contributed by atoms with E-state index in [1.807, 2.05) is 0 Å². The molecule has 1 atom stereocenters. The molecule has 2 N–H and O–H groups in total. The second-order valence-corrected chi connectivity index (χ2v) is 5.52. The number of rotatable bonds is 2. The molecule has 0 aliphatic rings. The van der Waals surface area contributed by atoms with Crippen LogP contribution >= 0.6 is 39.1 Å². The molecule has 6 heteroatoms. The highest BCUT2D eigenvalue weighted by Crippen LogP contribution is 2.34. The Hall–Kier alpha value is -0.680. The molecule has 0 saturated carbocycles. The molecule has 2 aromatic carbocycles. The number of nitrogens with two attached hydrogens (primary N) is 1. The molecule has 0 bridgehead atoms. The molecule has 19 heavy (non-hydrogen) atoms. The highest BCUT2D eigenvalue weighted by molar-refractivity contribution is 9.10. The maximum absolute atomic E-state index is 14.1. The van der Waals surface area contributed by atoms with Crippen molar-refractivity contribution in [3.8, 4) is 0 Å². The minimum Gasteiger partial charge on any atom is -0.320 e. The second kappa shape index (κ2) is 5.75. The molecule has 0 amide bonds. The smallest absolute Gasteiger partial charge is 0.148 e. The van der Waals surface area contributed by atoms with Crippen molar-refractivity contribution in [1.82, 2.24) is 0 Å². The Balaban J connectivity index is 2.57. The van der Waals surface area contributed by atoms with Gasteiger partial charge in [0.25, 0.3) is 0 Å². The Morgan fingerprint density at radius 3 is 2.42 bits per heavy atom. The van der Waals surface area contributed by atoms with Gasteiger partial charge >= 0.3 is 0 Å². The van der Waals surface area contributed by atoms with Crippen LogP contribution in [0.4, 0.5) is 8.78 Å². The van der Waals surface area contributed by atoms with Crippen molar-refractivity contribution in [3.05, 3.63) is 67.6 Å². The molecule has 0 fully saturated rings. The standard InChI is InChI=1S/C13H8BrCl2F2N/c14-7-5-4-6(12(18)11(7)16)13(19)10-8(15)2-1-3-9(10)17/h1-5,13H,19H2. The van der Waals surface area contributed by atoms with Gasteiger partial charge in [0, 0.05) is 20.6 Å². The number of benzene rings is 2. The predicted octanol–water partition coefficient (Wildman–Crippen LogP) is 5.08. The van der Waals surface area contributed by atoms with Crippen LogP contribution in [0.15, 0.2) is 34.8 Å². The van der Waals surface area contributed by atoms with Gasteiger partial charge in [-0.05, 0) is 34.1 Å². The summed E-state index contributed by atoms with van der Waals surface area (Å²) in [6.07, 6.45) is 0. The molecule has 2 rings (SSSR count). The molecule has 2 aromatic rings. The third-order valence-electron chi connectivity index (χ3n) is 2.71. The minimum absolute atomic E-state index is 0.0430. The van der Waals surface area contributed by atoms with Gasteiger partial charge in [0.2, 0.25) is 0 Å². The summed E-state index contributed by atoms with van der Waals surface area (Å²) >= 11 is 14.8. The zero-order valence-corrected chi connectivity index (χ0v) is 12.5. The summed E-state index contributed by atoms with van der Waals surface area (Å²) in [6, 6.07) is 6.14. The third-order valence-corrected chi connectivity index (χ3v) is 4.30. The fourth-order valence-electron chi connectivity index (χ4n) is 1.74. The molecular formula is C13H8BrCl2F2N. The molecule has 100 valence electrons. The Bertz CT molecular complexity index is 614. The van der Waals surface area contributed by atoms with Crippen molar-refractivity contribution in [3.63, 3.8) is 0 Å². The zero-order chi connectivity index (χ0) is 14.2. The van der Waals surface area contributed by atoms with Crippen LogP contribution in [0.1, 0.15) is 17.2 Å². The second-order valence-electron chi connectivity index (χ2n) is 3.88. The Morgan fingerprint density at radius 2 is 1.79 bits per heavy atom. The van der Waals surface area contributed by atoms with Crippen LogP contribution < -0.4 is 5.73 Å². The molecule has 0 heterocycles. The van der Waals surface area contributed by atoms with E-state index >= 15 is 0 Å². The van der Waals surface area contributed by atoms with Crippen LogP contribution in [0.3, 0.4) is 0 Å². The van der Waals surface area contributed by atoms with Crippen LogP contribution in [-0.2, 0) is 0 Å². The van der Waals surface area contributed by atoms with E-state index in [4.69, 9.17) is 28.9 Å². The summed E-state index contributed by atoms with van der Waals surface area (Å²) in [6.45, 7) is 0. The van der Waals surface area contributed by atoms with Gasteiger partial charge in [-0.3, -0.25) is 0 Å². The molecule has 0 spiro atoms. The normalized spacial score (nSPS) is 12.5. The van der Waals surface area contributed by atoms with Crippen molar-refractivity contribution in [1.29, 1.82) is 0 Å². The van der Waals surface area contributed by atoms with Crippen molar-refractivity contribution in [2.75, 3.05) is 0 Å². The molecule has 0 aliphatic heterocycles. The van der Waals surface area contributed by atoms with E-state index in [-0.39, 0.29) is 21.2 Å². The summed E-state index contributed by atoms with van der Waals surface area (Å²) in [5.74, 6) is -1.28. The average Bonchev–Trinajstić information content (AvgIpc) is 2.35. The lowest BCUT2D eigenvalue weighted by molar-refractivity contribution is 0.576. The van der Waals surface area contributed by atoms with Gasteiger partial charge in [-0.1, -0.05) is 35.3 Å². The lowest BCUT2D eigenvalue weighted by atomic mass is 9.98. The summed E-state index contributed by atoms with van der Waals surface area (Å²) < 4.78 is 28.2. The monoisotopic (exact) mass is 365 g/mol. The number of halogens is 5. The van der Waals surface area contributed by atoms with Gasteiger partial charge in [-0.2, -0.15) is 0 Å². The van der Waals surface area contributed by atoms with E-state index in [1.54, 1.807) is 6.07 Å². The van der Waals surface area contributed by atoms with Crippen molar-refractivity contribution < 1.29 is 8.78 Å². The zero-order valence-electron chi connectivity index (χ0n) is 9.43. The molecule has 0 aliphatic carbocycles. The third kappa shape index (κ3) is 2.77. The van der Waals surface area contributed by atoms with Crippen LogP contribution in [0.5, 0.6) is 0 Å². The summed E-state index contributed by atoms with van der Waals surface area (Å²) in [5.41, 5.74) is 6.03. The van der Waals surface area contributed by atoms with E-state index in [0.29, 0.717) is 4.47 Å².